The van der Waals surface area contributed by atoms with Gasteiger partial charge in [-0.05, 0) is 61.4 Å². The number of aromatic nitrogens is 2. The van der Waals surface area contributed by atoms with Crippen LogP contribution in [0.15, 0.2) is 36.4 Å². The SMILES string of the molecule is CCSCc1ccc2c(c1)c1c3c(c4c5cc(C)ccc5n5c4c1n2[C@@]1(C)C[C@@H]5C[C@]1(O)C(=O)OC)C(=O)NC3. The Hall–Kier alpha value is -3.49. The summed E-state index contributed by atoms with van der Waals surface area (Å²) in [6.07, 6.45) is 0.793. The van der Waals surface area contributed by atoms with E-state index < -0.39 is 17.1 Å². The third-order valence-corrected chi connectivity index (χ3v) is 10.8. The number of ether oxygens (including phenoxy) is 1. The van der Waals surface area contributed by atoms with Crippen LogP contribution in [0.4, 0.5) is 0 Å². The maximum absolute atomic E-state index is 13.5. The Morgan fingerprint density at radius 1 is 1.12 bits per heavy atom. The zero-order valence-electron chi connectivity index (χ0n) is 23.1. The molecule has 0 radical (unpaired) electrons. The average molecular weight is 554 g/mol. The van der Waals surface area contributed by atoms with Crippen LogP contribution in [0.5, 0.6) is 0 Å². The first-order valence-corrected chi connectivity index (χ1v) is 15.1. The lowest BCUT2D eigenvalue weighted by molar-refractivity contribution is -0.171. The monoisotopic (exact) mass is 553 g/mol. The molecular weight excluding hydrogens is 522 g/mol. The molecule has 8 heteroatoms. The molecule has 1 amide bonds. The van der Waals surface area contributed by atoms with Crippen LogP contribution in [0.3, 0.4) is 0 Å². The van der Waals surface area contributed by atoms with Crippen LogP contribution in [-0.4, -0.2) is 44.6 Å². The summed E-state index contributed by atoms with van der Waals surface area (Å²) in [6, 6.07) is 12.8. The summed E-state index contributed by atoms with van der Waals surface area (Å²) < 4.78 is 9.81. The van der Waals surface area contributed by atoms with Crippen LogP contribution in [0.1, 0.15) is 59.8 Å². The van der Waals surface area contributed by atoms with Crippen LogP contribution < -0.4 is 5.32 Å². The molecule has 1 fully saturated rings. The van der Waals surface area contributed by atoms with E-state index in [9.17, 15) is 14.7 Å². The maximum atomic E-state index is 13.5. The molecule has 204 valence electrons. The number of aryl methyl sites for hydroxylation is 1. The van der Waals surface area contributed by atoms with Crippen molar-refractivity contribution in [3.05, 3.63) is 58.7 Å². The van der Waals surface area contributed by atoms with Crippen LogP contribution in [0.2, 0.25) is 0 Å². The van der Waals surface area contributed by atoms with Gasteiger partial charge < -0.3 is 24.3 Å². The molecule has 1 saturated carbocycles. The van der Waals surface area contributed by atoms with E-state index in [-0.39, 0.29) is 18.4 Å². The predicted molar refractivity (Wildman–Crippen MR) is 159 cm³/mol. The zero-order valence-corrected chi connectivity index (χ0v) is 23.9. The van der Waals surface area contributed by atoms with Crippen molar-refractivity contribution in [2.75, 3.05) is 12.9 Å². The molecule has 2 N–H and O–H groups in total. The van der Waals surface area contributed by atoms with Gasteiger partial charge in [-0.25, -0.2) is 4.79 Å². The standard InChI is InChI=1S/C32H31N3O4S/c1-5-40-15-17-7-9-23-20(11-17)24-21-14-33-29(36)26(21)25-19-10-16(2)6-8-22(19)34-18-12-31(3,35(23)28(24)27(25)34)32(38,13-18)30(37)39-4/h6-11,18,38H,5,12-15H2,1-4H3,(H,33,36)/t18-,31+,32+/m1/s1. The van der Waals surface area contributed by atoms with Crippen LogP contribution in [0, 0.1) is 6.92 Å². The number of carbonyl (C=O) groups is 2. The molecular formula is C32H31N3O4S. The lowest BCUT2D eigenvalue weighted by Crippen LogP contribution is -2.55. The van der Waals surface area contributed by atoms with E-state index in [0.29, 0.717) is 13.0 Å². The predicted octanol–water partition coefficient (Wildman–Crippen LogP) is 5.68. The second-order valence-electron chi connectivity index (χ2n) is 11.9. The molecule has 40 heavy (non-hydrogen) atoms. The minimum Gasteiger partial charge on any atom is -0.467 e. The second kappa shape index (κ2) is 7.83. The van der Waals surface area contributed by atoms with Gasteiger partial charge in [0.05, 0.1) is 29.2 Å². The fourth-order valence-corrected chi connectivity index (χ4v) is 8.76. The fraction of sp³-hybridized carbons (Fsp3) is 0.375. The van der Waals surface area contributed by atoms with Crippen molar-refractivity contribution in [2.45, 2.75) is 63.1 Å². The first kappa shape index (κ1) is 24.3. The van der Waals surface area contributed by atoms with Crippen molar-refractivity contribution >= 4 is 67.3 Å². The number of nitrogens with zero attached hydrogens (tertiary/aromatic N) is 2. The van der Waals surface area contributed by atoms with Crippen molar-refractivity contribution in [3.63, 3.8) is 0 Å². The molecule has 2 bridgehead atoms. The van der Waals surface area contributed by atoms with Crippen LogP contribution in [-0.2, 0) is 27.4 Å². The van der Waals surface area contributed by atoms with Crippen molar-refractivity contribution in [3.8, 4) is 0 Å². The topological polar surface area (TPSA) is 85.5 Å². The van der Waals surface area contributed by atoms with Gasteiger partial charge in [-0.1, -0.05) is 24.6 Å². The first-order chi connectivity index (χ1) is 19.2. The number of hydrogen-bond acceptors (Lipinski definition) is 5. The first-order valence-electron chi connectivity index (χ1n) is 14.0. The molecule has 4 heterocycles. The summed E-state index contributed by atoms with van der Waals surface area (Å²) in [4.78, 5) is 27.0. The average Bonchev–Trinajstić information content (AvgIpc) is 3.63. The molecule has 8 rings (SSSR count). The molecule has 2 aliphatic heterocycles. The van der Waals surface area contributed by atoms with Gasteiger partial charge in [-0.15, -0.1) is 0 Å². The van der Waals surface area contributed by atoms with E-state index in [4.69, 9.17) is 4.74 Å². The number of hydrogen-bond donors (Lipinski definition) is 2. The summed E-state index contributed by atoms with van der Waals surface area (Å²) >= 11 is 1.87. The molecule has 5 aromatic rings. The summed E-state index contributed by atoms with van der Waals surface area (Å²) in [5, 5.41) is 19.5. The van der Waals surface area contributed by atoms with Gasteiger partial charge >= 0.3 is 5.97 Å². The number of aliphatic hydroxyl groups is 1. The zero-order chi connectivity index (χ0) is 27.7. The Morgan fingerprint density at radius 2 is 1.90 bits per heavy atom. The lowest BCUT2D eigenvalue weighted by Gasteiger charge is -2.39. The van der Waals surface area contributed by atoms with Crippen molar-refractivity contribution in [1.82, 2.24) is 14.5 Å². The number of methoxy groups -OCH3 is 1. The van der Waals surface area contributed by atoms with Crippen molar-refractivity contribution in [2.24, 2.45) is 0 Å². The molecule has 7 nitrogen and oxygen atoms in total. The highest BCUT2D eigenvalue weighted by atomic mass is 32.2. The number of rotatable bonds is 4. The van der Waals surface area contributed by atoms with Gasteiger partial charge in [0.25, 0.3) is 5.91 Å². The number of amides is 1. The van der Waals surface area contributed by atoms with Crippen LogP contribution >= 0.6 is 11.8 Å². The highest BCUT2D eigenvalue weighted by molar-refractivity contribution is 7.98. The van der Waals surface area contributed by atoms with Gasteiger partial charge in [0, 0.05) is 57.3 Å². The Morgan fingerprint density at radius 3 is 2.67 bits per heavy atom. The van der Waals surface area contributed by atoms with E-state index in [0.717, 1.165) is 71.8 Å². The number of thioether (sulfide) groups is 1. The molecule has 1 aliphatic carbocycles. The largest absolute Gasteiger partial charge is 0.467 e. The summed E-state index contributed by atoms with van der Waals surface area (Å²) in [5.74, 6) is 1.28. The van der Waals surface area contributed by atoms with Crippen molar-refractivity contribution in [1.29, 1.82) is 0 Å². The van der Waals surface area contributed by atoms with Gasteiger partial charge in [-0.3, -0.25) is 4.79 Å². The van der Waals surface area contributed by atoms with Gasteiger partial charge in [-0.2, -0.15) is 11.8 Å². The molecule has 2 aromatic heterocycles. The third-order valence-electron chi connectivity index (χ3n) is 9.83. The van der Waals surface area contributed by atoms with E-state index >= 15 is 0 Å². The fourth-order valence-electron chi connectivity index (χ4n) is 8.14. The third kappa shape index (κ3) is 2.67. The Kier molecular flexibility index (Phi) is 4.76. The number of nitrogens with one attached hydrogen (secondary N) is 1. The minimum absolute atomic E-state index is 0.0391. The van der Waals surface area contributed by atoms with E-state index in [1.54, 1.807) is 0 Å². The molecule has 3 aromatic carbocycles. The molecule has 0 saturated heterocycles. The summed E-state index contributed by atoms with van der Waals surface area (Å²) in [6.45, 7) is 6.69. The molecule has 0 unspecified atom stereocenters. The summed E-state index contributed by atoms with van der Waals surface area (Å²) in [7, 11) is 1.35. The normalized spacial score (nSPS) is 24.9. The van der Waals surface area contributed by atoms with E-state index in [2.05, 4.69) is 64.7 Å². The molecule has 3 aliphatic rings. The van der Waals surface area contributed by atoms with Gasteiger partial charge in [0.1, 0.15) is 0 Å². The minimum atomic E-state index is -1.72. The van der Waals surface area contributed by atoms with E-state index in [1.165, 1.54) is 12.7 Å². The molecule has 0 spiro atoms. The maximum Gasteiger partial charge on any atom is 0.340 e. The van der Waals surface area contributed by atoms with Crippen LogP contribution in [0.25, 0.3) is 43.6 Å². The van der Waals surface area contributed by atoms with Gasteiger partial charge in [0.15, 0.2) is 5.60 Å². The number of fused-ring (bicyclic) bond motifs is 13. The lowest BCUT2D eigenvalue weighted by atomic mass is 9.83. The quantitative estimate of drug-likeness (QED) is 0.280. The van der Waals surface area contributed by atoms with Gasteiger partial charge in [0.2, 0.25) is 0 Å². The smallest absolute Gasteiger partial charge is 0.340 e. The number of esters is 1. The Labute approximate surface area is 235 Å². The molecule has 3 atom stereocenters. The Balaban J connectivity index is 1.66. The number of benzene rings is 3. The Bertz CT molecular complexity index is 1990. The number of carbonyl (C=O) groups excluding carboxylic acids is 2. The summed E-state index contributed by atoms with van der Waals surface area (Å²) in [5.41, 5.74) is 5.42. The van der Waals surface area contributed by atoms with Crippen molar-refractivity contribution < 1.29 is 19.4 Å². The highest BCUT2D eigenvalue weighted by Gasteiger charge is 2.64. The second-order valence-corrected chi connectivity index (χ2v) is 13.2. The van der Waals surface area contributed by atoms with E-state index in [1.807, 2.05) is 18.7 Å². The highest BCUT2D eigenvalue weighted by Crippen LogP contribution is 2.59.